The third kappa shape index (κ3) is 1.93. The molecule has 0 radical (unpaired) electrons. The lowest BCUT2D eigenvalue weighted by Crippen LogP contribution is -2.59. The second kappa shape index (κ2) is 3.72. The lowest BCUT2D eigenvalue weighted by molar-refractivity contribution is -0.0400. The first-order valence-corrected chi connectivity index (χ1v) is 6.43. The summed E-state index contributed by atoms with van der Waals surface area (Å²) in [7, 11) is 0. The fourth-order valence-electron chi connectivity index (χ4n) is 3.28. The van der Waals surface area contributed by atoms with E-state index in [9.17, 15) is 5.11 Å². The summed E-state index contributed by atoms with van der Waals surface area (Å²) in [5.41, 5.74) is -0.355. The molecule has 1 saturated carbocycles. The van der Waals surface area contributed by atoms with Gasteiger partial charge in [0.1, 0.15) is 0 Å². The number of piperidine rings is 3. The number of rotatable bonds is 3. The predicted molar refractivity (Wildman–Crippen MR) is 59.8 cm³/mol. The van der Waals surface area contributed by atoms with Crippen molar-refractivity contribution in [3.05, 3.63) is 0 Å². The van der Waals surface area contributed by atoms with Gasteiger partial charge in [0, 0.05) is 19.1 Å². The zero-order valence-corrected chi connectivity index (χ0v) is 9.41. The van der Waals surface area contributed by atoms with E-state index < -0.39 is 0 Å². The van der Waals surface area contributed by atoms with Gasteiger partial charge in [-0.05, 0) is 51.1 Å². The van der Waals surface area contributed by atoms with Crippen LogP contribution >= 0.6 is 0 Å². The summed E-state index contributed by atoms with van der Waals surface area (Å²) in [4.78, 5) is 2.56. The second-order valence-corrected chi connectivity index (χ2v) is 5.70. The van der Waals surface area contributed by atoms with Gasteiger partial charge in [-0.25, -0.2) is 0 Å². The first-order valence-electron chi connectivity index (χ1n) is 6.43. The van der Waals surface area contributed by atoms with Gasteiger partial charge < -0.3 is 15.3 Å². The summed E-state index contributed by atoms with van der Waals surface area (Å²) in [5.74, 6) is 0.874. The van der Waals surface area contributed by atoms with Gasteiger partial charge in [-0.2, -0.15) is 0 Å². The molecule has 86 valence electrons. The van der Waals surface area contributed by atoms with Crippen LogP contribution in [0.2, 0.25) is 0 Å². The van der Waals surface area contributed by atoms with E-state index in [0.717, 1.165) is 25.3 Å². The normalized spacial score (nSPS) is 42.6. The van der Waals surface area contributed by atoms with Crippen LogP contribution in [0.3, 0.4) is 0 Å². The molecule has 4 aliphatic rings. The van der Waals surface area contributed by atoms with E-state index in [0.29, 0.717) is 6.04 Å². The maximum absolute atomic E-state index is 10.0. The standard InChI is InChI=1S/C12H22N2O/c15-12(4-1-5-12)9-13-11-8-14-6-2-10(11)3-7-14/h10-11,13,15H,1-9H2. The van der Waals surface area contributed by atoms with E-state index in [1.807, 2.05) is 0 Å². The molecule has 4 fully saturated rings. The van der Waals surface area contributed by atoms with Crippen LogP contribution in [-0.2, 0) is 0 Å². The highest BCUT2D eigenvalue weighted by Crippen LogP contribution is 2.32. The zero-order chi connectivity index (χ0) is 10.3. The van der Waals surface area contributed by atoms with Crippen molar-refractivity contribution < 1.29 is 5.11 Å². The Morgan fingerprint density at radius 1 is 1.27 bits per heavy atom. The Hall–Kier alpha value is -0.120. The molecular formula is C12H22N2O. The van der Waals surface area contributed by atoms with Gasteiger partial charge in [-0.1, -0.05) is 0 Å². The predicted octanol–water partition coefficient (Wildman–Crippen LogP) is 0.585. The number of nitrogens with zero attached hydrogens (tertiary/aromatic N) is 1. The van der Waals surface area contributed by atoms with Crippen LogP contribution in [0.5, 0.6) is 0 Å². The van der Waals surface area contributed by atoms with Gasteiger partial charge in [-0.15, -0.1) is 0 Å². The summed E-state index contributed by atoms with van der Waals surface area (Å²) in [5, 5.41) is 13.6. The number of hydrogen-bond acceptors (Lipinski definition) is 3. The minimum Gasteiger partial charge on any atom is -0.389 e. The molecule has 2 bridgehead atoms. The van der Waals surface area contributed by atoms with Gasteiger partial charge in [-0.3, -0.25) is 0 Å². The van der Waals surface area contributed by atoms with Crippen molar-refractivity contribution in [2.24, 2.45) is 5.92 Å². The molecule has 1 aliphatic carbocycles. The Balaban J connectivity index is 1.51. The van der Waals surface area contributed by atoms with Crippen molar-refractivity contribution in [3.8, 4) is 0 Å². The van der Waals surface area contributed by atoms with Crippen LogP contribution in [0.4, 0.5) is 0 Å². The first kappa shape index (κ1) is 10.1. The topological polar surface area (TPSA) is 35.5 Å². The average molecular weight is 210 g/mol. The molecule has 0 aromatic heterocycles. The highest BCUT2D eigenvalue weighted by molar-refractivity contribution is 4.95. The molecular weight excluding hydrogens is 188 g/mol. The molecule has 3 saturated heterocycles. The molecule has 3 heteroatoms. The lowest BCUT2D eigenvalue weighted by atomic mass is 9.79. The third-order valence-corrected chi connectivity index (χ3v) is 4.63. The van der Waals surface area contributed by atoms with Crippen molar-refractivity contribution in [1.82, 2.24) is 10.2 Å². The van der Waals surface area contributed by atoms with Crippen LogP contribution in [0.15, 0.2) is 0 Å². The Bertz CT molecular complexity index is 232. The molecule has 1 unspecified atom stereocenters. The maximum Gasteiger partial charge on any atom is 0.0771 e. The van der Waals surface area contributed by atoms with Crippen LogP contribution < -0.4 is 5.32 Å². The quantitative estimate of drug-likeness (QED) is 0.715. The van der Waals surface area contributed by atoms with E-state index in [4.69, 9.17) is 0 Å². The molecule has 0 spiro atoms. The molecule has 0 amide bonds. The summed E-state index contributed by atoms with van der Waals surface area (Å²) in [6.07, 6.45) is 5.92. The molecule has 3 nitrogen and oxygen atoms in total. The summed E-state index contributed by atoms with van der Waals surface area (Å²) < 4.78 is 0. The molecule has 0 aromatic carbocycles. The van der Waals surface area contributed by atoms with E-state index >= 15 is 0 Å². The Kier molecular flexibility index (Phi) is 2.49. The van der Waals surface area contributed by atoms with Gasteiger partial charge in [0.15, 0.2) is 0 Å². The van der Waals surface area contributed by atoms with Crippen molar-refractivity contribution in [2.45, 2.75) is 43.7 Å². The minimum atomic E-state index is -0.355. The molecule has 4 rings (SSSR count). The monoisotopic (exact) mass is 210 g/mol. The highest BCUT2D eigenvalue weighted by atomic mass is 16.3. The van der Waals surface area contributed by atoms with Crippen molar-refractivity contribution >= 4 is 0 Å². The van der Waals surface area contributed by atoms with Gasteiger partial charge >= 0.3 is 0 Å². The van der Waals surface area contributed by atoms with Crippen LogP contribution in [-0.4, -0.2) is 47.8 Å². The average Bonchev–Trinajstić information content (AvgIpc) is 2.25. The second-order valence-electron chi connectivity index (χ2n) is 5.70. The fourth-order valence-corrected chi connectivity index (χ4v) is 3.28. The minimum absolute atomic E-state index is 0.355. The number of hydrogen-bond donors (Lipinski definition) is 2. The molecule has 15 heavy (non-hydrogen) atoms. The van der Waals surface area contributed by atoms with Crippen molar-refractivity contribution in [3.63, 3.8) is 0 Å². The van der Waals surface area contributed by atoms with Crippen LogP contribution in [0.1, 0.15) is 32.1 Å². The van der Waals surface area contributed by atoms with Crippen LogP contribution in [0.25, 0.3) is 0 Å². The summed E-state index contributed by atoms with van der Waals surface area (Å²) in [6.45, 7) is 4.63. The summed E-state index contributed by atoms with van der Waals surface area (Å²) in [6, 6.07) is 0.650. The largest absolute Gasteiger partial charge is 0.389 e. The third-order valence-electron chi connectivity index (χ3n) is 4.63. The van der Waals surface area contributed by atoms with E-state index in [1.165, 1.54) is 38.9 Å². The maximum atomic E-state index is 10.0. The molecule has 1 atom stereocenters. The van der Waals surface area contributed by atoms with Gasteiger partial charge in [0.2, 0.25) is 0 Å². The number of aliphatic hydroxyl groups is 1. The Labute approximate surface area is 91.8 Å². The van der Waals surface area contributed by atoms with Crippen LogP contribution in [0, 0.1) is 5.92 Å². The van der Waals surface area contributed by atoms with E-state index in [2.05, 4.69) is 10.2 Å². The number of nitrogens with one attached hydrogen (secondary N) is 1. The molecule has 2 N–H and O–H groups in total. The smallest absolute Gasteiger partial charge is 0.0771 e. The molecule has 3 aliphatic heterocycles. The van der Waals surface area contributed by atoms with Gasteiger partial charge in [0.25, 0.3) is 0 Å². The first-order chi connectivity index (χ1) is 7.25. The van der Waals surface area contributed by atoms with E-state index in [1.54, 1.807) is 0 Å². The van der Waals surface area contributed by atoms with Crippen molar-refractivity contribution in [1.29, 1.82) is 0 Å². The fraction of sp³-hybridized carbons (Fsp3) is 1.00. The van der Waals surface area contributed by atoms with Gasteiger partial charge in [0.05, 0.1) is 5.60 Å². The highest BCUT2D eigenvalue weighted by Gasteiger charge is 2.38. The number of fused-ring (bicyclic) bond motifs is 3. The Morgan fingerprint density at radius 2 is 2.00 bits per heavy atom. The van der Waals surface area contributed by atoms with Crippen molar-refractivity contribution in [2.75, 3.05) is 26.2 Å². The lowest BCUT2D eigenvalue weighted by Gasteiger charge is -2.47. The molecule has 0 aromatic rings. The Morgan fingerprint density at radius 3 is 2.47 bits per heavy atom. The SMILES string of the molecule is OC1(CNC2CN3CCC2CC3)CCC1. The summed E-state index contributed by atoms with van der Waals surface area (Å²) >= 11 is 0. The zero-order valence-electron chi connectivity index (χ0n) is 9.41. The van der Waals surface area contributed by atoms with E-state index in [-0.39, 0.29) is 5.60 Å². The molecule has 3 heterocycles.